The normalized spacial score (nSPS) is 13.3. The molecular formula is C30H32Cl3N5O3. The molecule has 0 saturated carbocycles. The highest BCUT2D eigenvalue weighted by Crippen LogP contribution is 2.29. The molecule has 0 unspecified atom stereocenters. The molecule has 0 atom stereocenters. The molecule has 4 rings (SSSR count). The summed E-state index contributed by atoms with van der Waals surface area (Å²) in [5.41, 5.74) is 2.94. The lowest BCUT2D eigenvalue weighted by atomic mass is 10.1. The van der Waals surface area contributed by atoms with Gasteiger partial charge in [0, 0.05) is 58.9 Å². The third kappa shape index (κ3) is 8.36. The number of carbonyl (C=O) groups excluding carboxylic acids is 3. The van der Waals surface area contributed by atoms with Crippen molar-refractivity contribution in [1.29, 1.82) is 0 Å². The minimum absolute atomic E-state index is 0.0797. The fourth-order valence-electron chi connectivity index (χ4n) is 4.58. The van der Waals surface area contributed by atoms with Crippen molar-refractivity contribution in [3.05, 3.63) is 92.4 Å². The average molecular weight is 617 g/mol. The Labute approximate surface area is 255 Å². The molecule has 1 fully saturated rings. The zero-order valence-corrected chi connectivity index (χ0v) is 25.2. The lowest BCUT2D eigenvalue weighted by Crippen LogP contribution is -2.50. The summed E-state index contributed by atoms with van der Waals surface area (Å²) < 4.78 is 0. The van der Waals surface area contributed by atoms with E-state index in [2.05, 4.69) is 15.5 Å². The van der Waals surface area contributed by atoms with Crippen molar-refractivity contribution in [2.24, 2.45) is 0 Å². The quantitative estimate of drug-likeness (QED) is 0.350. The minimum atomic E-state index is -0.344. The van der Waals surface area contributed by atoms with E-state index < -0.39 is 0 Å². The van der Waals surface area contributed by atoms with Crippen LogP contribution in [0.25, 0.3) is 0 Å². The highest BCUT2D eigenvalue weighted by atomic mass is 35.5. The van der Waals surface area contributed by atoms with E-state index in [9.17, 15) is 14.4 Å². The fourth-order valence-corrected chi connectivity index (χ4v) is 5.28. The molecule has 1 heterocycles. The molecule has 1 saturated heterocycles. The molecule has 0 bridgehead atoms. The number of nitrogens with zero attached hydrogens (tertiary/aromatic N) is 3. The zero-order chi connectivity index (χ0) is 29.5. The lowest BCUT2D eigenvalue weighted by Gasteiger charge is -2.37. The Morgan fingerprint density at radius 2 is 1.54 bits per heavy atom. The lowest BCUT2D eigenvalue weighted by molar-refractivity contribution is -0.132. The Morgan fingerprint density at radius 3 is 2.22 bits per heavy atom. The second kappa shape index (κ2) is 14.0. The molecule has 0 aromatic heterocycles. The van der Waals surface area contributed by atoms with Gasteiger partial charge in [0.25, 0.3) is 11.8 Å². The molecule has 3 aromatic carbocycles. The van der Waals surface area contributed by atoms with E-state index in [-0.39, 0.29) is 17.7 Å². The second-order valence-electron chi connectivity index (χ2n) is 10.0. The summed E-state index contributed by atoms with van der Waals surface area (Å²) in [6.45, 7) is 3.02. The summed E-state index contributed by atoms with van der Waals surface area (Å²) in [6, 6.07) is 17.2. The predicted octanol–water partition coefficient (Wildman–Crippen LogP) is 5.08. The van der Waals surface area contributed by atoms with Crippen LogP contribution in [0.5, 0.6) is 0 Å². The van der Waals surface area contributed by atoms with Gasteiger partial charge in [-0.1, -0.05) is 46.9 Å². The first-order chi connectivity index (χ1) is 19.6. The molecule has 1 aliphatic rings. The smallest absolute Gasteiger partial charge is 0.255 e. The summed E-state index contributed by atoms with van der Waals surface area (Å²) in [5, 5.41) is 7.43. The first-order valence-electron chi connectivity index (χ1n) is 13.2. The van der Waals surface area contributed by atoms with E-state index in [0.29, 0.717) is 77.6 Å². The largest absolute Gasteiger partial charge is 0.366 e. The summed E-state index contributed by atoms with van der Waals surface area (Å²) in [5.74, 6) is -0.543. The van der Waals surface area contributed by atoms with E-state index in [4.69, 9.17) is 34.8 Å². The molecular weight excluding hydrogens is 585 g/mol. The number of carbonyl (C=O) groups is 3. The summed E-state index contributed by atoms with van der Waals surface area (Å²) >= 11 is 18.3. The maximum absolute atomic E-state index is 13.1. The molecule has 41 heavy (non-hydrogen) atoms. The molecule has 0 radical (unpaired) electrons. The molecule has 11 heteroatoms. The van der Waals surface area contributed by atoms with E-state index in [1.807, 2.05) is 36.0 Å². The minimum Gasteiger partial charge on any atom is -0.366 e. The van der Waals surface area contributed by atoms with Gasteiger partial charge < -0.3 is 25.3 Å². The maximum atomic E-state index is 13.1. The van der Waals surface area contributed by atoms with Crippen LogP contribution in [0.15, 0.2) is 60.7 Å². The third-order valence-electron chi connectivity index (χ3n) is 6.71. The molecule has 1 aliphatic heterocycles. The SMILES string of the molecule is CN(C)CC(=O)N1CCN(c2ccc(C(=O)NCCc3ccc(Cl)cc3Cl)cc2NC(=O)c2cccc(Cl)c2)CC1. The monoisotopic (exact) mass is 615 g/mol. The number of benzene rings is 3. The first-order valence-corrected chi connectivity index (χ1v) is 14.3. The van der Waals surface area contributed by atoms with Gasteiger partial charge in [0.15, 0.2) is 0 Å². The Hall–Kier alpha value is -3.30. The number of amides is 3. The van der Waals surface area contributed by atoms with Crippen LogP contribution in [-0.2, 0) is 11.2 Å². The van der Waals surface area contributed by atoms with Crippen molar-refractivity contribution < 1.29 is 14.4 Å². The van der Waals surface area contributed by atoms with Crippen LogP contribution in [0.2, 0.25) is 15.1 Å². The fraction of sp³-hybridized carbons (Fsp3) is 0.300. The van der Waals surface area contributed by atoms with Crippen LogP contribution >= 0.6 is 34.8 Å². The van der Waals surface area contributed by atoms with Crippen molar-refractivity contribution in [3.8, 4) is 0 Å². The van der Waals surface area contributed by atoms with Gasteiger partial charge in [0.2, 0.25) is 5.91 Å². The molecule has 3 amide bonds. The van der Waals surface area contributed by atoms with E-state index >= 15 is 0 Å². The van der Waals surface area contributed by atoms with Crippen LogP contribution < -0.4 is 15.5 Å². The van der Waals surface area contributed by atoms with E-state index in [0.717, 1.165) is 11.3 Å². The van der Waals surface area contributed by atoms with E-state index in [1.165, 1.54) is 0 Å². The number of anilines is 2. The molecule has 2 N–H and O–H groups in total. The zero-order valence-electron chi connectivity index (χ0n) is 22.9. The predicted molar refractivity (Wildman–Crippen MR) is 166 cm³/mol. The van der Waals surface area contributed by atoms with Gasteiger partial charge in [-0.3, -0.25) is 14.4 Å². The van der Waals surface area contributed by atoms with Gasteiger partial charge in [0.1, 0.15) is 0 Å². The number of hydrogen-bond acceptors (Lipinski definition) is 5. The molecule has 0 spiro atoms. The first kappa shape index (κ1) is 30.7. The van der Waals surface area contributed by atoms with Gasteiger partial charge in [-0.25, -0.2) is 0 Å². The topological polar surface area (TPSA) is 85.0 Å². The number of likely N-dealkylation sites (N-methyl/N-ethyl adjacent to an activating group) is 1. The van der Waals surface area contributed by atoms with Gasteiger partial charge in [-0.05, 0) is 74.6 Å². The standard InChI is InChI=1S/C30H32Cl3N5O3/c1-36(2)19-28(39)38-14-12-37(13-15-38)27-9-7-22(17-26(27)35-30(41)21-4-3-5-23(31)16-21)29(40)34-11-10-20-6-8-24(32)18-25(20)33/h3-9,16-18H,10-15,19H2,1-2H3,(H,34,40)(H,35,41). The molecule has 3 aromatic rings. The van der Waals surface area contributed by atoms with Crippen molar-refractivity contribution in [1.82, 2.24) is 15.1 Å². The second-order valence-corrected chi connectivity index (χ2v) is 11.3. The van der Waals surface area contributed by atoms with Gasteiger partial charge in [-0.15, -0.1) is 0 Å². The average Bonchev–Trinajstić information content (AvgIpc) is 2.94. The van der Waals surface area contributed by atoms with Crippen LogP contribution in [0.1, 0.15) is 26.3 Å². The maximum Gasteiger partial charge on any atom is 0.255 e. The summed E-state index contributed by atoms with van der Waals surface area (Å²) in [6.07, 6.45) is 0.537. The number of piperazine rings is 1. The van der Waals surface area contributed by atoms with E-state index in [1.54, 1.807) is 48.5 Å². The molecule has 216 valence electrons. The van der Waals surface area contributed by atoms with Crippen molar-refractivity contribution in [2.75, 3.05) is 63.6 Å². The number of halogens is 3. The van der Waals surface area contributed by atoms with Crippen molar-refractivity contribution in [3.63, 3.8) is 0 Å². The molecule has 0 aliphatic carbocycles. The third-order valence-corrected chi connectivity index (χ3v) is 7.54. The van der Waals surface area contributed by atoms with Gasteiger partial charge in [0.05, 0.1) is 17.9 Å². The van der Waals surface area contributed by atoms with Crippen LogP contribution in [0.4, 0.5) is 11.4 Å². The highest BCUT2D eigenvalue weighted by molar-refractivity contribution is 6.35. The number of hydrogen-bond donors (Lipinski definition) is 2. The molecule has 8 nitrogen and oxygen atoms in total. The van der Waals surface area contributed by atoms with Gasteiger partial charge >= 0.3 is 0 Å². The van der Waals surface area contributed by atoms with Crippen molar-refractivity contribution >= 4 is 63.9 Å². The Kier molecular flexibility index (Phi) is 10.5. The van der Waals surface area contributed by atoms with Crippen LogP contribution in [0, 0.1) is 0 Å². The summed E-state index contributed by atoms with van der Waals surface area (Å²) in [7, 11) is 3.74. The Bertz CT molecular complexity index is 1420. The van der Waals surface area contributed by atoms with Crippen LogP contribution in [0.3, 0.4) is 0 Å². The summed E-state index contributed by atoms with van der Waals surface area (Å²) in [4.78, 5) is 44.5. The van der Waals surface area contributed by atoms with Gasteiger partial charge in [-0.2, -0.15) is 0 Å². The number of nitrogens with one attached hydrogen (secondary N) is 2. The van der Waals surface area contributed by atoms with Crippen LogP contribution in [-0.4, -0.2) is 80.9 Å². The van der Waals surface area contributed by atoms with Crippen molar-refractivity contribution in [2.45, 2.75) is 6.42 Å². The Balaban J connectivity index is 1.50. The Morgan fingerprint density at radius 1 is 0.829 bits per heavy atom. The highest BCUT2D eigenvalue weighted by Gasteiger charge is 2.24. The number of rotatable bonds is 9.